The lowest BCUT2D eigenvalue weighted by molar-refractivity contribution is -0.143. The summed E-state index contributed by atoms with van der Waals surface area (Å²) >= 11 is 7.74. The number of ketones is 1. The fourth-order valence-electron chi connectivity index (χ4n) is 3.07. The molecule has 0 spiro atoms. The molecular weight excluding hydrogens is 406 g/mol. The van der Waals surface area contributed by atoms with Crippen LogP contribution in [0.4, 0.5) is 5.69 Å². The van der Waals surface area contributed by atoms with Gasteiger partial charge in [0.15, 0.2) is 0 Å². The molecule has 1 unspecified atom stereocenters. The van der Waals surface area contributed by atoms with Crippen LogP contribution < -0.4 is 5.32 Å². The zero-order valence-corrected chi connectivity index (χ0v) is 19.8. The van der Waals surface area contributed by atoms with Gasteiger partial charge in [0.2, 0.25) is 0 Å². The van der Waals surface area contributed by atoms with E-state index in [0.717, 1.165) is 17.8 Å². The quantitative estimate of drug-likeness (QED) is 0.338. The van der Waals surface area contributed by atoms with Gasteiger partial charge < -0.3 is 10.4 Å². The second-order valence-corrected chi connectivity index (χ2v) is 6.79. The second kappa shape index (κ2) is 16.3. The van der Waals surface area contributed by atoms with E-state index < -0.39 is 12.0 Å². The Labute approximate surface area is 186 Å². The van der Waals surface area contributed by atoms with E-state index in [1.807, 2.05) is 47.9 Å². The number of hydrogen-bond donors (Lipinski definition) is 2. The van der Waals surface area contributed by atoms with Crippen molar-refractivity contribution in [1.82, 2.24) is 9.80 Å². The van der Waals surface area contributed by atoms with Gasteiger partial charge in [0.1, 0.15) is 11.8 Å². The number of anilines is 1. The first kappa shape index (κ1) is 27.5. The molecule has 0 amide bonds. The number of carbonyl (C=O) groups is 2. The highest BCUT2D eigenvalue weighted by molar-refractivity contribution is 7.79. The van der Waals surface area contributed by atoms with Crippen LogP contribution in [0, 0.1) is 0 Å². The predicted molar refractivity (Wildman–Crippen MR) is 130 cm³/mol. The maximum atomic E-state index is 11.8. The van der Waals surface area contributed by atoms with Gasteiger partial charge in [-0.05, 0) is 63.2 Å². The lowest BCUT2D eigenvalue weighted by atomic mass is 10.0. The van der Waals surface area contributed by atoms with Crippen molar-refractivity contribution in [3.8, 4) is 0 Å². The Morgan fingerprint density at radius 2 is 1.79 bits per heavy atom. The molecule has 0 radical (unpaired) electrons. The number of aryl methyl sites for hydroxylation is 1. The maximum absolute atomic E-state index is 11.8. The number of rotatable bonds is 14. The van der Waals surface area contributed by atoms with Crippen LogP contribution in [0.1, 0.15) is 32.8 Å². The molecule has 164 valence electrons. The highest BCUT2D eigenvalue weighted by Gasteiger charge is 2.24. The maximum Gasteiger partial charge on any atom is 0.320 e. The first-order valence-corrected chi connectivity index (χ1v) is 11.4. The minimum absolute atomic E-state index is 0.126. The SMILES string of the molecule is CCN(CCN(CC)C(CCc1ccc(NC=S)cc1)C(=O)O)CC(C)=O.C[SH2+]. The summed E-state index contributed by atoms with van der Waals surface area (Å²) < 4.78 is 0. The number of nitrogens with one attached hydrogen (secondary N) is 1. The Balaban J connectivity index is 0.00000379. The third-order valence-electron chi connectivity index (χ3n) is 4.61. The van der Waals surface area contributed by atoms with Gasteiger partial charge in [0, 0.05) is 18.8 Å². The zero-order chi connectivity index (χ0) is 22.2. The molecule has 0 saturated carbocycles. The van der Waals surface area contributed by atoms with Crippen LogP contribution >= 0.6 is 12.2 Å². The van der Waals surface area contributed by atoms with Gasteiger partial charge in [-0.3, -0.25) is 19.4 Å². The number of aliphatic carboxylic acids is 1. The van der Waals surface area contributed by atoms with Crippen molar-refractivity contribution in [3.63, 3.8) is 0 Å². The standard InChI is InChI=1S/C20H31N3O3S.CH4S/c1-4-22(14-16(3)24)12-13-23(5-2)19(20(25)26)11-8-17-6-9-18(10-7-17)21-15-27;1-2/h6-7,9-10,15,19H,4-5,8,11-14H2,1-3H3,(H,21,27)(H,25,26);2H,1H3/p+1. The molecule has 0 aliphatic carbocycles. The lowest BCUT2D eigenvalue weighted by Crippen LogP contribution is -2.45. The van der Waals surface area contributed by atoms with Crippen LogP contribution in [0.5, 0.6) is 0 Å². The average molecular weight is 443 g/mol. The Morgan fingerprint density at radius 3 is 2.24 bits per heavy atom. The number of likely N-dealkylation sites (N-methyl/N-ethyl adjacent to an activating group) is 2. The monoisotopic (exact) mass is 442 g/mol. The third kappa shape index (κ3) is 11.3. The van der Waals surface area contributed by atoms with Crippen molar-refractivity contribution in [2.45, 2.75) is 39.7 Å². The van der Waals surface area contributed by atoms with Gasteiger partial charge >= 0.3 is 5.97 Å². The van der Waals surface area contributed by atoms with E-state index in [9.17, 15) is 14.7 Å². The Bertz CT molecular complexity index is 612. The van der Waals surface area contributed by atoms with Crippen LogP contribution in [0.3, 0.4) is 0 Å². The van der Waals surface area contributed by atoms with E-state index in [2.05, 4.69) is 17.9 Å². The molecule has 0 heterocycles. The van der Waals surface area contributed by atoms with E-state index in [-0.39, 0.29) is 5.78 Å². The fourth-order valence-corrected chi connectivity index (χ4v) is 3.21. The molecule has 6 nitrogen and oxygen atoms in total. The number of carbonyl (C=O) groups excluding carboxylic acids is 1. The van der Waals surface area contributed by atoms with Gasteiger partial charge in [-0.2, -0.15) is 0 Å². The van der Waals surface area contributed by atoms with E-state index in [4.69, 9.17) is 12.2 Å². The van der Waals surface area contributed by atoms with Crippen LogP contribution in [0.25, 0.3) is 0 Å². The molecular formula is C21H36N3O3S2+. The molecule has 8 heteroatoms. The van der Waals surface area contributed by atoms with Gasteiger partial charge in [0.05, 0.1) is 18.3 Å². The summed E-state index contributed by atoms with van der Waals surface area (Å²) in [7, 11) is 0. The van der Waals surface area contributed by atoms with E-state index in [0.29, 0.717) is 39.0 Å². The highest BCUT2D eigenvalue weighted by Crippen LogP contribution is 2.14. The molecule has 1 aromatic rings. The van der Waals surface area contributed by atoms with Crippen molar-refractivity contribution in [1.29, 1.82) is 0 Å². The molecule has 2 N–H and O–H groups in total. The summed E-state index contributed by atoms with van der Waals surface area (Å²) in [6.07, 6.45) is 3.04. The third-order valence-corrected chi connectivity index (χ3v) is 4.73. The van der Waals surface area contributed by atoms with E-state index >= 15 is 0 Å². The normalized spacial score (nSPS) is 11.6. The molecule has 0 aromatic heterocycles. The molecule has 0 aliphatic heterocycles. The Morgan fingerprint density at radius 1 is 1.17 bits per heavy atom. The number of nitrogens with zero attached hydrogens (tertiary/aromatic N) is 2. The fraction of sp³-hybridized carbons (Fsp3) is 0.571. The molecule has 0 aliphatic rings. The molecule has 1 atom stereocenters. The molecule has 29 heavy (non-hydrogen) atoms. The number of carboxylic acids is 1. The topological polar surface area (TPSA) is 72.9 Å². The van der Waals surface area contributed by atoms with Crippen LogP contribution in [0.2, 0.25) is 0 Å². The zero-order valence-electron chi connectivity index (χ0n) is 18.0. The van der Waals surface area contributed by atoms with Crippen molar-refractivity contribution in [3.05, 3.63) is 29.8 Å². The number of hydrogen-bond acceptors (Lipinski definition) is 5. The number of Topliss-reactive ketones (excluding diaryl/α,β-unsaturated/α-hetero) is 1. The first-order valence-electron chi connectivity index (χ1n) is 9.89. The van der Waals surface area contributed by atoms with Gasteiger partial charge in [0.25, 0.3) is 0 Å². The predicted octanol–water partition coefficient (Wildman–Crippen LogP) is 2.30. The Hall–Kier alpha value is -1.48. The van der Waals surface area contributed by atoms with Crippen molar-refractivity contribution < 1.29 is 14.7 Å². The summed E-state index contributed by atoms with van der Waals surface area (Å²) in [5.74, 6) is -0.674. The molecule has 1 rings (SSSR count). The summed E-state index contributed by atoms with van der Waals surface area (Å²) in [5.41, 5.74) is 3.48. The van der Waals surface area contributed by atoms with Gasteiger partial charge in [-0.15, -0.1) is 0 Å². The van der Waals surface area contributed by atoms with Gasteiger partial charge in [-0.25, -0.2) is 0 Å². The van der Waals surface area contributed by atoms with Crippen molar-refractivity contribution in [2.24, 2.45) is 0 Å². The lowest BCUT2D eigenvalue weighted by Gasteiger charge is -2.30. The molecule has 0 bridgehead atoms. The van der Waals surface area contributed by atoms with E-state index in [1.54, 1.807) is 13.2 Å². The molecule has 1 aromatic carbocycles. The van der Waals surface area contributed by atoms with Gasteiger partial charge in [-0.1, -0.05) is 38.2 Å². The largest absolute Gasteiger partial charge is 0.480 e. The smallest absolute Gasteiger partial charge is 0.320 e. The van der Waals surface area contributed by atoms with Crippen molar-refractivity contribution >= 4 is 47.8 Å². The van der Waals surface area contributed by atoms with Crippen molar-refractivity contribution in [2.75, 3.05) is 44.3 Å². The summed E-state index contributed by atoms with van der Waals surface area (Å²) in [6, 6.07) is 7.31. The number of benzene rings is 1. The first-order chi connectivity index (χ1) is 13.9. The van der Waals surface area contributed by atoms with E-state index in [1.165, 1.54) is 5.49 Å². The minimum atomic E-state index is -0.800. The number of thiocarbonyl (C=S) groups is 1. The Kier molecular flexibility index (Phi) is 15.5. The minimum Gasteiger partial charge on any atom is -0.480 e. The second-order valence-electron chi connectivity index (χ2n) is 6.55. The molecule has 0 fully saturated rings. The summed E-state index contributed by atoms with van der Waals surface area (Å²) in [4.78, 5) is 27.2. The highest BCUT2D eigenvalue weighted by atomic mass is 32.1. The molecule has 0 saturated heterocycles. The van der Waals surface area contributed by atoms with Crippen LogP contribution in [-0.2, 0) is 28.6 Å². The average Bonchev–Trinajstić information content (AvgIpc) is 2.71. The van der Waals surface area contributed by atoms with Crippen LogP contribution in [0.15, 0.2) is 24.3 Å². The summed E-state index contributed by atoms with van der Waals surface area (Å²) in [6.45, 7) is 8.72. The summed E-state index contributed by atoms with van der Waals surface area (Å²) in [5, 5.41) is 12.6. The van der Waals surface area contributed by atoms with Crippen LogP contribution in [-0.4, -0.2) is 77.2 Å². The number of carboxylic acid groups (broad SMARTS) is 1.